The zero-order chi connectivity index (χ0) is 21.3. The van der Waals surface area contributed by atoms with E-state index >= 15 is 0 Å². The molecule has 5 rings (SSSR count). The molecule has 1 N–H and O–H groups in total. The largest absolute Gasteiger partial charge is 0.369 e. The van der Waals surface area contributed by atoms with E-state index in [0.29, 0.717) is 25.2 Å². The molecule has 2 aromatic carbocycles. The second-order valence-corrected chi connectivity index (χ2v) is 10.0. The molecule has 166 valence electrons. The molecule has 7 nitrogen and oxygen atoms in total. The number of rotatable bonds is 5. The summed E-state index contributed by atoms with van der Waals surface area (Å²) in [5, 5.41) is 0. The van der Waals surface area contributed by atoms with Crippen LogP contribution in [-0.2, 0) is 25.3 Å². The zero-order valence-corrected chi connectivity index (χ0v) is 18.4. The minimum absolute atomic E-state index is 0.255. The molecule has 1 atom stereocenters. The quantitative estimate of drug-likeness (QED) is 0.764. The van der Waals surface area contributed by atoms with Crippen LogP contribution in [0.2, 0.25) is 0 Å². The molecule has 2 fully saturated rings. The van der Waals surface area contributed by atoms with Gasteiger partial charge in [-0.2, -0.15) is 0 Å². The van der Waals surface area contributed by atoms with E-state index in [4.69, 9.17) is 9.47 Å². The van der Waals surface area contributed by atoms with Gasteiger partial charge in [-0.05, 0) is 37.6 Å². The number of fused-ring (bicyclic) bond motifs is 2. The molecule has 0 radical (unpaired) electrons. The molecule has 3 aliphatic rings. The number of nitrogens with one attached hydrogen (secondary N) is 1. The molecule has 3 aliphatic heterocycles. The first-order valence-electron chi connectivity index (χ1n) is 11.0. The highest BCUT2D eigenvalue weighted by atomic mass is 32.2. The van der Waals surface area contributed by atoms with Crippen molar-refractivity contribution in [2.45, 2.75) is 29.6 Å². The Hall–Kier alpha value is -1.97. The van der Waals surface area contributed by atoms with Crippen molar-refractivity contribution in [2.75, 3.05) is 50.8 Å². The van der Waals surface area contributed by atoms with E-state index in [1.165, 1.54) is 5.69 Å². The SMILES string of the molecule is O=S1(=O)NC(CCCN2CCN(c3ccccc3)CC2)C2(OCCO2)c2ccccc21. The van der Waals surface area contributed by atoms with Crippen molar-refractivity contribution >= 4 is 15.7 Å². The molecule has 1 unspecified atom stereocenters. The number of ether oxygens (including phenoxy) is 2. The Balaban J connectivity index is 1.22. The molecule has 2 aromatic rings. The van der Waals surface area contributed by atoms with Crippen LogP contribution in [0.15, 0.2) is 59.5 Å². The van der Waals surface area contributed by atoms with E-state index in [2.05, 4.69) is 38.8 Å². The Bertz CT molecular complexity index is 1000. The third-order valence-electron chi connectivity index (χ3n) is 6.49. The summed E-state index contributed by atoms with van der Waals surface area (Å²) >= 11 is 0. The maximum absolute atomic E-state index is 12.8. The smallest absolute Gasteiger partial charge is 0.241 e. The highest BCUT2D eigenvalue weighted by Gasteiger charge is 2.53. The summed E-state index contributed by atoms with van der Waals surface area (Å²) < 4.78 is 40.6. The second kappa shape index (κ2) is 8.52. The average Bonchev–Trinajstić information content (AvgIpc) is 3.29. The van der Waals surface area contributed by atoms with Gasteiger partial charge in [-0.1, -0.05) is 36.4 Å². The van der Waals surface area contributed by atoms with Gasteiger partial charge in [0, 0.05) is 37.4 Å². The van der Waals surface area contributed by atoms with Crippen molar-refractivity contribution < 1.29 is 17.9 Å². The molecule has 0 saturated carbocycles. The Labute approximate surface area is 184 Å². The number of para-hydroxylation sites is 1. The van der Waals surface area contributed by atoms with Gasteiger partial charge in [-0.25, -0.2) is 13.1 Å². The second-order valence-electron chi connectivity index (χ2n) is 8.34. The van der Waals surface area contributed by atoms with Crippen LogP contribution >= 0.6 is 0 Å². The fraction of sp³-hybridized carbons (Fsp3) is 0.478. The molecule has 0 aliphatic carbocycles. The molecule has 0 aromatic heterocycles. The summed E-state index contributed by atoms with van der Waals surface area (Å²) in [4.78, 5) is 5.12. The van der Waals surface area contributed by atoms with Crippen molar-refractivity contribution in [1.82, 2.24) is 9.62 Å². The van der Waals surface area contributed by atoms with Crippen molar-refractivity contribution in [1.29, 1.82) is 0 Å². The fourth-order valence-corrected chi connectivity index (χ4v) is 6.46. The lowest BCUT2D eigenvalue weighted by atomic mass is 9.94. The van der Waals surface area contributed by atoms with Crippen molar-refractivity contribution in [3.63, 3.8) is 0 Å². The molecule has 0 amide bonds. The van der Waals surface area contributed by atoms with Crippen molar-refractivity contribution in [3.8, 4) is 0 Å². The lowest BCUT2D eigenvalue weighted by Crippen LogP contribution is -2.56. The number of piperazine rings is 1. The normalized spacial score (nSPS) is 24.9. The highest BCUT2D eigenvalue weighted by Crippen LogP contribution is 2.43. The standard InChI is InChI=1S/C23H29N3O4S/c27-31(28)21-10-5-4-9-20(21)23(29-17-18-30-23)22(24-31)11-6-12-25-13-15-26(16-14-25)19-7-2-1-3-8-19/h1-5,7-10,22,24H,6,11-18H2. The third-order valence-corrected chi connectivity index (χ3v) is 8.02. The van der Waals surface area contributed by atoms with E-state index in [-0.39, 0.29) is 4.90 Å². The topological polar surface area (TPSA) is 71.1 Å². The van der Waals surface area contributed by atoms with Crippen LogP contribution in [0.5, 0.6) is 0 Å². The molecular formula is C23H29N3O4S. The molecule has 0 bridgehead atoms. The molecule has 31 heavy (non-hydrogen) atoms. The predicted molar refractivity (Wildman–Crippen MR) is 118 cm³/mol. The Morgan fingerprint density at radius 2 is 1.61 bits per heavy atom. The molecule has 3 heterocycles. The number of benzene rings is 2. The minimum atomic E-state index is -3.58. The first-order valence-corrected chi connectivity index (χ1v) is 12.5. The Morgan fingerprint density at radius 3 is 2.35 bits per heavy atom. The Kier molecular flexibility index (Phi) is 5.75. The fourth-order valence-electron chi connectivity index (χ4n) is 4.93. The first kappa shape index (κ1) is 20.9. The lowest BCUT2D eigenvalue weighted by molar-refractivity contribution is -0.190. The van der Waals surface area contributed by atoms with Crippen molar-refractivity contribution in [2.24, 2.45) is 0 Å². The summed E-state index contributed by atoms with van der Waals surface area (Å²) in [6, 6.07) is 17.1. The third kappa shape index (κ3) is 3.99. The van der Waals surface area contributed by atoms with Crippen LogP contribution in [0.1, 0.15) is 18.4 Å². The molecule has 2 saturated heterocycles. The highest BCUT2D eigenvalue weighted by molar-refractivity contribution is 7.89. The van der Waals surface area contributed by atoms with Crippen LogP contribution < -0.4 is 9.62 Å². The predicted octanol–water partition coefficient (Wildman–Crippen LogP) is 2.15. The van der Waals surface area contributed by atoms with Crippen LogP contribution in [-0.4, -0.2) is 65.3 Å². The van der Waals surface area contributed by atoms with Crippen LogP contribution in [0, 0.1) is 0 Å². The summed E-state index contributed by atoms with van der Waals surface area (Å²) in [6.07, 6.45) is 1.53. The van der Waals surface area contributed by atoms with Crippen molar-refractivity contribution in [3.05, 3.63) is 60.2 Å². The van der Waals surface area contributed by atoms with Gasteiger partial charge in [0.1, 0.15) is 0 Å². The number of sulfonamides is 1. The van der Waals surface area contributed by atoms with Crippen LogP contribution in [0.4, 0.5) is 5.69 Å². The molecule has 8 heteroatoms. The average molecular weight is 444 g/mol. The summed E-state index contributed by atoms with van der Waals surface area (Å²) in [7, 11) is -3.58. The summed E-state index contributed by atoms with van der Waals surface area (Å²) in [6.45, 7) is 5.88. The number of anilines is 1. The lowest BCUT2D eigenvalue weighted by Gasteiger charge is -2.41. The summed E-state index contributed by atoms with van der Waals surface area (Å²) in [5.74, 6) is -1.02. The van der Waals surface area contributed by atoms with Gasteiger partial charge in [0.05, 0.1) is 24.2 Å². The molecular weight excluding hydrogens is 414 g/mol. The van der Waals surface area contributed by atoms with Gasteiger partial charge in [0.2, 0.25) is 15.8 Å². The van der Waals surface area contributed by atoms with E-state index in [1.807, 2.05) is 18.2 Å². The van der Waals surface area contributed by atoms with E-state index in [9.17, 15) is 8.42 Å². The van der Waals surface area contributed by atoms with Gasteiger partial charge in [0.15, 0.2) is 0 Å². The van der Waals surface area contributed by atoms with Gasteiger partial charge in [0.25, 0.3) is 0 Å². The van der Waals surface area contributed by atoms with Crippen LogP contribution in [0.25, 0.3) is 0 Å². The van der Waals surface area contributed by atoms with Gasteiger partial charge in [-0.15, -0.1) is 0 Å². The van der Waals surface area contributed by atoms with E-state index in [0.717, 1.165) is 39.1 Å². The monoisotopic (exact) mass is 443 g/mol. The zero-order valence-electron chi connectivity index (χ0n) is 17.6. The van der Waals surface area contributed by atoms with Crippen LogP contribution in [0.3, 0.4) is 0 Å². The maximum atomic E-state index is 12.8. The van der Waals surface area contributed by atoms with Gasteiger partial charge in [-0.3, -0.25) is 4.90 Å². The van der Waals surface area contributed by atoms with E-state index in [1.54, 1.807) is 12.1 Å². The first-order chi connectivity index (χ1) is 15.1. The summed E-state index contributed by atoms with van der Waals surface area (Å²) in [5.41, 5.74) is 1.89. The van der Waals surface area contributed by atoms with Gasteiger partial charge >= 0.3 is 0 Å². The maximum Gasteiger partial charge on any atom is 0.241 e. The number of nitrogens with zero attached hydrogens (tertiary/aromatic N) is 2. The molecule has 1 spiro atoms. The minimum Gasteiger partial charge on any atom is -0.369 e. The van der Waals surface area contributed by atoms with Gasteiger partial charge < -0.3 is 14.4 Å². The Morgan fingerprint density at radius 1 is 0.935 bits per heavy atom. The number of hydrogen-bond acceptors (Lipinski definition) is 6. The van der Waals surface area contributed by atoms with E-state index < -0.39 is 21.9 Å². The number of hydrogen-bond donors (Lipinski definition) is 1.